The second-order valence-corrected chi connectivity index (χ2v) is 4.64. The lowest BCUT2D eigenvalue weighted by atomic mass is 10.1. The number of alkyl halides is 1. The molecule has 0 bridgehead atoms. The van der Waals surface area contributed by atoms with E-state index in [1.165, 1.54) is 5.56 Å². The Labute approximate surface area is 117 Å². The van der Waals surface area contributed by atoms with Crippen molar-refractivity contribution in [3.63, 3.8) is 0 Å². The third-order valence-corrected chi connectivity index (χ3v) is 3.20. The van der Waals surface area contributed by atoms with Gasteiger partial charge in [-0.05, 0) is 30.2 Å². The van der Waals surface area contributed by atoms with Crippen LogP contribution in [0, 0.1) is 0 Å². The standard InChI is InChI=1S/C14H17ClN2O2/c1-19-11-2-3-13-12(8-11)10(9-17-13)5-7-16-14(18)4-6-15/h2-3,8-9,17H,4-7H2,1H3,(H,16,18). The third kappa shape index (κ3) is 3.41. The smallest absolute Gasteiger partial charge is 0.221 e. The predicted octanol–water partition coefficient (Wildman–Crippen LogP) is 2.46. The van der Waals surface area contributed by atoms with Gasteiger partial charge in [0, 0.05) is 35.9 Å². The van der Waals surface area contributed by atoms with Crippen molar-refractivity contribution in [3.05, 3.63) is 30.0 Å². The number of hydrogen-bond acceptors (Lipinski definition) is 2. The molecule has 0 spiro atoms. The fourth-order valence-corrected chi connectivity index (χ4v) is 2.17. The maximum atomic E-state index is 11.3. The Morgan fingerprint density at radius 1 is 1.47 bits per heavy atom. The minimum absolute atomic E-state index is 0.00702. The lowest BCUT2D eigenvalue weighted by molar-refractivity contribution is -0.120. The van der Waals surface area contributed by atoms with E-state index in [1.54, 1.807) is 7.11 Å². The van der Waals surface area contributed by atoms with Gasteiger partial charge in [-0.3, -0.25) is 4.79 Å². The molecule has 1 heterocycles. The maximum Gasteiger partial charge on any atom is 0.221 e. The highest BCUT2D eigenvalue weighted by Gasteiger charge is 2.06. The molecule has 0 atom stereocenters. The molecule has 0 aliphatic carbocycles. The van der Waals surface area contributed by atoms with Crippen LogP contribution in [-0.2, 0) is 11.2 Å². The van der Waals surface area contributed by atoms with Gasteiger partial charge in [-0.2, -0.15) is 0 Å². The third-order valence-electron chi connectivity index (χ3n) is 3.01. The average molecular weight is 281 g/mol. The van der Waals surface area contributed by atoms with Gasteiger partial charge in [0.1, 0.15) is 5.75 Å². The molecule has 0 unspecified atom stereocenters. The summed E-state index contributed by atoms with van der Waals surface area (Å²) in [7, 11) is 1.65. The second kappa shape index (κ2) is 6.48. The van der Waals surface area contributed by atoms with Crippen LogP contribution >= 0.6 is 11.6 Å². The highest BCUT2D eigenvalue weighted by Crippen LogP contribution is 2.23. The molecular formula is C14H17ClN2O2. The fourth-order valence-electron chi connectivity index (χ4n) is 2.00. The summed E-state index contributed by atoms with van der Waals surface area (Å²) in [6.07, 6.45) is 3.11. The number of amides is 1. The molecule has 1 amide bonds. The van der Waals surface area contributed by atoms with Crippen molar-refractivity contribution in [2.75, 3.05) is 19.5 Å². The van der Waals surface area contributed by atoms with Crippen LogP contribution in [0.3, 0.4) is 0 Å². The van der Waals surface area contributed by atoms with E-state index in [0.29, 0.717) is 18.8 Å². The van der Waals surface area contributed by atoms with Crippen LogP contribution in [0.25, 0.3) is 10.9 Å². The maximum absolute atomic E-state index is 11.3. The quantitative estimate of drug-likeness (QED) is 0.799. The molecule has 102 valence electrons. The Morgan fingerprint density at radius 2 is 2.32 bits per heavy atom. The zero-order valence-electron chi connectivity index (χ0n) is 10.8. The summed E-state index contributed by atoms with van der Waals surface area (Å²) < 4.78 is 5.22. The van der Waals surface area contributed by atoms with Gasteiger partial charge >= 0.3 is 0 Å². The van der Waals surface area contributed by atoms with Crippen LogP contribution < -0.4 is 10.1 Å². The van der Waals surface area contributed by atoms with E-state index in [2.05, 4.69) is 10.3 Å². The second-order valence-electron chi connectivity index (χ2n) is 4.26. The first-order valence-electron chi connectivity index (χ1n) is 6.21. The van der Waals surface area contributed by atoms with Gasteiger partial charge in [0.15, 0.2) is 0 Å². The van der Waals surface area contributed by atoms with Crippen LogP contribution in [0.5, 0.6) is 5.75 Å². The number of H-pyrrole nitrogens is 1. The molecule has 0 radical (unpaired) electrons. The number of hydrogen-bond donors (Lipinski definition) is 2. The van der Waals surface area contributed by atoms with Gasteiger partial charge in [0.25, 0.3) is 0 Å². The van der Waals surface area contributed by atoms with Crippen LogP contribution in [0.2, 0.25) is 0 Å². The van der Waals surface area contributed by atoms with Crippen molar-refractivity contribution in [2.45, 2.75) is 12.8 Å². The number of methoxy groups -OCH3 is 1. The summed E-state index contributed by atoms with van der Waals surface area (Å²) in [5, 5.41) is 3.98. The zero-order valence-corrected chi connectivity index (χ0v) is 11.6. The van der Waals surface area contributed by atoms with E-state index in [4.69, 9.17) is 16.3 Å². The van der Waals surface area contributed by atoms with Crippen molar-refractivity contribution in [3.8, 4) is 5.75 Å². The number of aromatic amines is 1. The van der Waals surface area contributed by atoms with Gasteiger partial charge in [-0.15, -0.1) is 11.6 Å². The van der Waals surface area contributed by atoms with E-state index in [-0.39, 0.29) is 5.91 Å². The number of halogens is 1. The molecule has 5 heteroatoms. The van der Waals surface area contributed by atoms with Crippen molar-refractivity contribution in [1.29, 1.82) is 0 Å². The highest BCUT2D eigenvalue weighted by atomic mass is 35.5. The van der Waals surface area contributed by atoms with E-state index in [1.807, 2.05) is 24.4 Å². The Morgan fingerprint density at radius 3 is 3.05 bits per heavy atom. The largest absolute Gasteiger partial charge is 0.497 e. The number of fused-ring (bicyclic) bond motifs is 1. The molecule has 2 aromatic rings. The molecule has 2 rings (SSSR count). The van der Waals surface area contributed by atoms with Crippen molar-refractivity contribution >= 4 is 28.4 Å². The van der Waals surface area contributed by atoms with Crippen LogP contribution in [0.1, 0.15) is 12.0 Å². The number of rotatable bonds is 6. The summed E-state index contributed by atoms with van der Waals surface area (Å²) in [4.78, 5) is 14.5. The number of aromatic nitrogens is 1. The molecule has 0 saturated carbocycles. The lowest BCUT2D eigenvalue weighted by Crippen LogP contribution is -2.25. The normalized spacial score (nSPS) is 10.6. The number of carbonyl (C=O) groups is 1. The van der Waals surface area contributed by atoms with Crippen molar-refractivity contribution < 1.29 is 9.53 Å². The average Bonchev–Trinajstić information content (AvgIpc) is 2.81. The monoisotopic (exact) mass is 280 g/mol. The van der Waals surface area contributed by atoms with E-state index < -0.39 is 0 Å². The minimum atomic E-state index is -0.00702. The number of ether oxygens (including phenoxy) is 1. The van der Waals surface area contributed by atoms with Crippen LogP contribution in [-0.4, -0.2) is 30.4 Å². The van der Waals surface area contributed by atoms with Gasteiger partial charge in [-0.1, -0.05) is 0 Å². The van der Waals surface area contributed by atoms with E-state index >= 15 is 0 Å². The Hall–Kier alpha value is -1.68. The van der Waals surface area contributed by atoms with E-state index in [9.17, 15) is 4.79 Å². The fraction of sp³-hybridized carbons (Fsp3) is 0.357. The zero-order chi connectivity index (χ0) is 13.7. The summed E-state index contributed by atoms with van der Waals surface area (Å²) >= 11 is 5.51. The number of nitrogens with one attached hydrogen (secondary N) is 2. The van der Waals surface area contributed by atoms with E-state index in [0.717, 1.165) is 23.1 Å². The minimum Gasteiger partial charge on any atom is -0.497 e. The van der Waals surface area contributed by atoms with Crippen LogP contribution in [0.15, 0.2) is 24.4 Å². The number of benzene rings is 1. The van der Waals surface area contributed by atoms with Crippen molar-refractivity contribution in [1.82, 2.24) is 10.3 Å². The molecule has 0 fully saturated rings. The molecule has 0 aliphatic rings. The summed E-state index contributed by atoms with van der Waals surface area (Å²) in [6.45, 7) is 0.611. The van der Waals surface area contributed by atoms with Crippen LogP contribution in [0.4, 0.5) is 0 Å². The van der Waals surface area contributed by atoms with Gasteiger partial charge < -0.3 is 15.0 Å². The molecule has 19 heavy (non-hydrogen) atoms. The van der Waals surface area contributed by atoms with Gasteiger partial charge in [0.2, 0.25) is 5.91 Å². The lowest BCUT2D eigenvalue weighted by Gasteiger charge is -2.04. The Balaban J connectivity index is 2.02. The summed E-state index contributed by atoms with van der Waals surface area (Å²) in [5.41, 5.74) is 2.24. The molecule has 1 aromatic heterocycles. The van der Waals surface area contributed by atoms with Gasteiger partial charge in [-0.25, -0.2) is 0 Å². The Bertz CT molecular complexity index is 566. The first-order valence-corrected chi connectivity index (χ1v) is 6.74. The van der Waals surface area contributed by atoms with Gasteiger partial charge in [0.05, 0.1) is 7.11 Å². The first-order chi connectivity index (χ1) is 9.24. The summed E-state index contributed by atoms with van der Waals surface area (Å²) in [5.74, 6) is 1.18. The summed E-state index contributed by atoms with van der Waals surface area (Å²) in [6, 6.07) is 5.91. The topological polar surface area (TPSA) is 54.1 Å². The molecule has 1 aromatic carbocycles. The predicted molar refractivity (Wildman–Crippen MR) is 76.9 cm³/mol. The highest BCUT2D eigenvalue weighted by molar-refractivity contribution is 6.18. The first kappa shape index (κ1) is 13.7. The molecule has 0 saturated heterocycles. The molecule has 0 aliphatic heterocycles. The molecule has 2 N–H and O–H groups in total. The van der Waals surface area contributed by atoms with Crippen molar-refractivity contribution in [2.24, 2.45) is 0 Å². The molecular weight excluding hydrogens is 264 g/mol. The Kier molecular flexibility index (Phi) is 4.68. The SMILES string of the molecule is COc1ccc2[nH]cc(CCNC(=O)CCCl)c2c1. The number of carbonyl (C=O) groups excluding carboxylic acids is 1. The molecule has 4 nitrogen and oxygen atoms in total.